The minimum absolute atomic E-state index is 0.156. The second-order valence-corrected chi connectivity index (χ2v) is 5.70. The smallest absolute Gasteiger partial charge is 0.232 e. The summed E-state index contributed by atoms with van der Waals surface area (Å²) in [6.07, 6.45) is 0.607. The maximum absolute atomic E-state index is 13.3. The van der Waals surface area contributed by atoms with Gasteiger partial charge in [-0.15, -0.1) is 0 Å². The third-order valence-electron chi connectivity index (χ3n) is 3.46. The molecule has 3 nitrogen and oxygen atoms in total. The number of hydrogen-bond acceptors (Lipinski definition) is 2. The van der Waals surface area contributed by atoms with Crippen molar-refractivity contribution in [3.05, 3.63) is 58.3 Å². The van der Waals surface area contributed by atoms with Gasteiger partial charge in [-0.1, -0.05) is 18.2 Å². The van der Waals surface area contributed by atoms with E-state index in [4.69, 9.17) is 4.74 Å². The van der Waals surface area contributed by atoms with E-state index < -0.39 is 0 Å². The van der Waals surface area contributed by atoms with E-state index in [0.29, 0.717) is 23.2 Å². The zero-order chi connectivity index (χ0) is 14.8. The van der Waals surface area contributed by atoms with Gasteiger partial charge in [0.05, 0.1) is 18.2 Å². The van der Waals surface area contributed by atoms with Crippen LogP contribution in [0.15, 0.2) is 46.9 Å². The fourth-order valence-corrected chi connectivity index (χ4v) is 2.77. The molecular weight excluding hydrogens is 337 g/mol. The second kappa shape index (κ2) is 5.85. The predicted octanol–water partition coefficient (Wildman–Crippen LogP) is 4.09. The number of ether oxygens (including phenoxy) is 1. The molecule has 3 rings (SSSR count). The van der Waals surface area contributed by atoms with Crippen molar-refractivity contribution in [1.82, 2.24) is 0 Å². The Morgan fingerprint density at radius 1 is 1.29 bits per heavy atom. The summed E-state index contributed by atoms with van der Waals surface area (Å²) in [6.45, 7) is 0.499. The lowest BCUT2D eigenvalue weighted by Gasteiger charge is -2.25. The second-order valence-electron chi connectivity index (χ2n) is 4.84. The maximum atomic E-state index is 13.3. The highest BCUT2D eigenvalue weighted by Crippen LogP contribution is 2.34. The first kappa shape index (κ1) is 14.1. The predicted molar refractivity (Wildman–Crippen MR) is 82.0 cm³/mol. The molecule has 1 atom stereocenters. The van der Waals surface area contributed by atoms with Crippen LogP contribution in [0.3, 0.4) is 0 Å². The van der Waals surface area contributed by atoms with Crippen molar-refractivity contribution in [2.75, 3.05) is 11.9 Å². The number of amides is 1. The van der Waals surface area contributed by atoms with Crippen LogP contribution in [0.5, 0.6) is 5.75 Å². The average Bonchev–Trinajstić information content (AvgIpc) is 2.50. The van der Waals surface area contributed by atoms with Crippen molar-refractivity contribution in [3.63, 3.8) is 0 Å². The van der Waals surface area contributed by atoms with E-state index in [2.05, 4.69) is 21.2 Å². The molecule has 1 aliphatic rings. The van der Waals surface area contributed by atoms with Gasteiger partial charge in [-0.25, -0.2) is 4.39 Å². The lowest BCUT2D eigenvalue weighted by atomic mass is 9.92. The van der Waals surface area contributed by atoms with Crippen LogP contribution in [0.1, 0.15) is 17.9 Å². The molecular formula is C16H13BrFNO2. The van der Waals surface area contributed by atoms with Crippen LogP contribution in [0, 0.1) is 5.82 Å². The molecule has 1 unspecified atom stereocenters. The lowest BCUT2D eigenvalue weighted by Crippen LogP contribution is -2.26. The molecule has 21 heavy (non-hydrogen) atoms. The summed E-state index contributed by atoms with van der Waals surface area (Å²) in [5.41, 5.74) is 1.30. The van der Waals surface area contributed by atoms with E-state index in [1.54, 1.807) is 6.07 Å². The van der Waals surface area contributed by atoms with Gasteiger partial charge in [-0.2, -0.15) is 0 Å². The van der Waals surface area contributed by atoms with Gasteiger partial charge >= 0.3 is 0 Å². The molecule has 0 radical (unpaired) electrons. The SMILES string of the molecule is O=C(Nc1cc(F)ccc1Br)C1CCOc2ccccc21. The van der Waals surface area contributed by atoms with Crippen LogP contribution in [-0.4, -0.2) is 12.5 Å². The number of rotatable bonds is 2. The number of para-hydroxylation sites is 1. The Kier molecular flexibility index (Phi) is 3.92. The van der Waals surface area contributed by atoms with Gasteiger partial charge in [0.15, 0.2) is 0 Å². The minimum Gasteiger partial charge on any atom is -0.493 e. The normalized spacial score (nSPS) is 16.8. The van der Waals surface area contributed by atoms with Crippen LogP contribution in [0.25, 0.3) is 0 Å². The number of halogens is 2. The number of fused-ring (bicyclic) bond motifs is 1. The summed E-state index contributed by atoms with van der Waals surface area (Å²) >= 11 is 3.31. The number of hydrogen-bond donors (Lipinski definition) is 1. The topological polar surface area (TPSA) is 38.3 Å². The molecule has 2 aromatic rings. The first-order chi connectivity index (χ1) is 10.1. The summed E-state index contributed by atoms with van der Waals surface area (Å²) in [7, 11) is 0. The molecule has 0 aliphatic carbocycles. The number of carbonyl (C=O) groups excluding carboxylic acids is 1. The van der Waals surface area contributed by atoms with Crippen LogP contribution < -0.4 is 10.1 Å². The van der Waals surface area contributed by atoms with Crippen molar-refractivity contribution in [1.29, 1.82) is 0 Å². The molecule has 5 heteroatoms. The van der Waals surface area contributed by atoms with Gasteiger partial charge in [-0.3, -0.25) is 4.79 Å². The average molecular weight is 350 g/mol. The van der Waals surface area contributed by atoms with Gasteiger partial charge in [0, 0.05) is 10.0 Å². The molecule has 0 bridgehead atoms. The van der Waals surface area contributed by atoms with Crippen molar-refractivity contribution < 1.29 is 13.9 Å². The lowest BCUT2D eigenvalue weighted by molar-refractivity contribution is -0.118. The quantitative estimate of drug-likeness (QED) is 0.886. The van der Waals surface area contributed by atoms with Gasteiger partial charge < -0.3 is 10.1 Å². The minimum atomic E-state index is -0.388. The van der Waals surface area contributed by atoms with Gasteiger partial charge in [0.25, 0.3) is 0 Å². The van der Waals surface area contributed by atoms with Crippen molar-refractivity contribution in [2.45, 2.75) is 12.3 Å². The van der Waals surface area contributed by atoms with E-state index >= 15 is 0 Å². The Hall–Kier alpha value is -1.88. The van der Waals surface area contributed by atoms with E-state index in [1.165, 1.54) is 12.1 Å². The Balaban J connectivity index is 1.85. The first-order valence-corrected chi connectivity index (χ1v) is 7.42. The van der Waals surface area contributed by atoms with Crippen molar-refractivity contribution in [2.24, 2.45) is 0 Å². The highest BCUT2D eigenvalue weighted by molar-refractivity contribution is 9.10. The van der Waals surface area contributed by atoms with Gasteiger partial charge in [0.1, 0.15) is 11.6 Å². The molecule has 1 N–H and O–H groups in total. The highest BCUT2D eigenvalue weighted by atomic mass is 79.9. The summed E-state index contributed by atoms with van der Waals surface area (Å²) < 4.78 is 19.5. The first-order valence-electron chi connectivity index (χ1n) is 6.63. The monoisotopic (exact) mass is 349 g/mol. The molecule has 0 spiro atoms. The summed E-state index contributed by atoms with van der Waals surface area (Å²) in [5.74, 6) is -0.0924. The fraction of sp³-hybridized carbons (Fsp3) is 0.188. The fourth-order valence-electron chi connectivity index (χ4n) is 2.43. The van der Waals surface area contributed by atoms with E-state index in [1.807, 2.05) is 24.3 Å². The number of benzene rings is 2. The Labute approximate surface area is 130 Å². The Morgan fingerprint density at radius 2 is 2.10 bits per heavy atom. The zero-order valence-electron chi connectivity index (χ0n) is 11.1. The Morgan fingerprint density at radius 3 is 2.95 bits per heavy atom. The van der Waals surface area contributed by atoms with E-state index in [0.717, 1.165) is 11.3 Å². The molecule has 0 fully saturated rings. The molecule has 1 amide bonds. The van der Waals surface area contributed by atoms with Gasteiger partial charge in [-0.05, 0) is 46.6 Å². The number of nitrogens with one attached hydrogen (secondary N) is 1. The van der Waals surface area contributed by atoms with Crippen LogP contribution in [0.2, 0.25) is 0 Å². The molecule has 1 aliphatic heterocycles. The summed E-state index contributed by atoms with van der Waals surface area (Å²) in [5, 5.41) is 2.78. The molecule has 2 aromatic carbocycles. The van der Waals surface area contributed by atoms with Crippen LogP contribution >= 0.6 is 15.9 Å². The number of carbonyl (C=O) groups is 1. The maximum Gasteiger partial charge on any atom is 0.232 e. The number of anilines is 1. The van der Waals surface area contributed by atoms with Crippen LogP contribution in [0.4, 0.5) is 10.1 Å². The highest BCUT2D eigenvalue weighted by Gasteiger charge is 2.27. The summed E-state index contributed by atoms with van der Waals surface area (Å²) in [6, 6.07) is 11.7. The van der Waals surface area contributed by atoms with E-state index in [-0.39, 0.29) is 17.6 Å². The third-order valence-corrected chi connectivity index (χ3v) is 4.15. The Bertz CT molecular complexity index is 690. The third kappa shape index (κ3) is 2.93. The molecule has 0 saturated heterocycles. The summed E-state index contributed by atoms with van der Waals surface area (Å²) in [4.78, 5) is 12.5. The molecule has 1 heterocycles. The van der Waals surface area contributed by atoms with Crippen molar-refractivity contribution in [3.8, 4) is 5.75 Å². The molecule has 0 aromatic heterocycles. The van der Waals surface area contributed by atoms with E-state index in [9.17, 15) is 9.18 Å². The van der Waals surface area contributed by atoms with Crippen molar-refractivity contribution >= 4 is 27.5 Å². The zero-order valence-corrected chi connectivity index (χ0v) is 12.7. The van der Waals surface area contributed by atoms with Gasteiger partial charge in [0.2, 0.25) is 5.91 Å². The molecule has 0 saturated carbocycles. The molecule has 108 valence electrons. The van der Waals surface area contributed by atoms with Crippen LogP contribution in [-0.2, 0) is 4.79 Å². The standard InChI is InChI=1S/C16H13BrFNO2/c17-13-6-5-10(18)9-14(13)19-16(20)12-7-8-21-15-4-2-1-3-11(12)15/h1-6,9,12H,7-8H2,(H,19,20). The largest absolute Gasteiger partial charge is 0.493 e.